The summed E-state index contributed by atoms with van der Waals surface area (Å²) in [5.74, 6) is 6.63. The fourth-order valence-corrected chi connectivity index (χ4v) is 7.04. The van der Waals surface area contributed by atoms with Gasteiger partial charge in [-0.15, -0.1) is 0 Å². The van der Waals surface area contributed by atoms with Gasteiger partial charge in [0, 0.05) is 7.85 Å². The van der Waals surface area contributed by atoms with Gasteiger partial charge in [0.25, 0.3) is 0 Å². The van der Waals surface area contributed by atoms with Crippen LogP contribution in [0.15, 0.2) is 0 Å². The minimum atomic E-state index is 0.858. The predicted molar refractivity (Wildman–Crippen MR) is 95.6 cm³/mol. The Morgan fingerprint density at radius 2 is 1.61 bits per heavy atom. The number of hydrogen-bond acceptors (Lipinski definition) is 0. The average molecular weight is 472 g/mol. The molecule has 0 N–H and O–H groups in total. The summed E-state index contributed by atoms with van der Waals surface area (Å²) in [4.78, 5) is 0. The topological polar surface area (TPSA) is 0 Å². The van der Waals surface area contributed by atoms with E-state index in [1.165, 1.54) is 12.8 Å². The monoisotopic (exact) mass is 472 g/mol. The highest BCUT2D eigenvalue weighted by molar-refractivity contribution is 14.1. The van der Waals surface area contributed by atoms with Crippen molar-refractivity contribution in [3.05, 3.63) is 0 Å². The third-order valence-electron chi connectivity index (χ3n) is 6.26. The number of rotatable bonds is 4. The Kier molecular flexibility index (Phi) is 4.55. The highest BCUT2D eigenvalue weighted by Gasteiger charge is 2.55. The molecule has 0 nitrogen and oxygen atoms in total. The van der Waals surface area contributed by atoms with Crippen LogP contribution in [0.4, 0.5) is 0 Å². The van der Waals surface area contributed by atoms with Crippen LogP contribution >= 0.6 is 45.2 Å². The van der Waals surface area contributed by atoms with Gasteiger partial charge >= 0.3 is 0 Å². The van der Waals surface area contributed by atoms with Gasteiger partial charge in [0.05, 0.1) is 0 Å². The number of hydrogen-bond donors (Lipinski definition) is 0. The van der Waals surface area contributed by atoms with Crippen LogP contribution in [0.25, 0.3) is 0 Å². The molecule has 18 heavy (non-hydrogen) atoms. The highest BCUT2D eigenvalue weighted by atomic mass is 127. The fraction of sp³-hybridized carbons (Fsp3) is 1.00. The third kappa shape index (κ3) is 2.50. The van der Waals surface area contributed by atoms with Crippen LogP contribution < -0.4 is 0 Å². The largest absolute Gasteiger partial charge is 0.0829 e. The first-order valence-electron chi connectivity index (χ1n) is 7.86. The zero-order chi connectivity index (χ0) is 12.9. The van der Waals surface area contributed by atoms with Crippen LogP contribution in [0.5, 0.6) is 0 Å². The summed E-state index contributed by atoms with van der Waals surface area (Å²) >= 11 is 5.38. The van der Waals surface area contributed by atoms with Crippen LogP contribution in [0.3, 0.4) is 0 Å². The summed E-state index contributed by atoms with van der Waals surface area (Å²) in [6.45, 7) is 4.89. The lowest BCUT2D eigenvalue weighted by Gasteiger charge is -2.30. The van der Waals surface area contributed by atoms with Gasteiger partial charge in [-0.2, -0.15) is 0 Å². The van der Waals surface area contributed by atoms with E-state index < -0.39 is 0 Å². The van der Waals surface area contributed by atoms with Gasteiger partial charge in [0.1, 0.15) is 0 Å². The quantitative estimate of drug-likeness (QED) is 0.363. The van der Waals surface area contributed by atoms with E-state index in [1.807, 2.05) is 0 Å². The first kappa shape index (κ1) is 14.4. The van der Waals surface area contributed by atoms with Gasteiger partial charge in [0.2, 0.25) is 0 Å². The zero-order valence-electron chi connectivity index (χ0n) is 11.6. The molecular formula is C16H26I2. The van der Waals surface area contributed by atoms with Crippen molar-refractivity contribution in [3.63, 3.8) is 0 Å². The summed E-state index contributed by atoms with van der Waals surface area (Å²) < 4.78 is 1.82. The summed E-state index contributed by atoms with van der Waals surface area (Å²) in [6, 6.07) is 0. The van der Waals surface area contributed by atoms with Gasteiger partial charge in [-0.05, 0) is 74.0 Å². The van der Waals surface area contributed by atoms with E-state index in [1.54, 1.807) is 25.7 Å². The summed E-state index contributed by atoms with van der Waals surface area (Å²) in [7, 11) is 0. The van der Waals surface area contributed by atoms with Crippen molar-refractivity contribution in [1.82, 2.24) is 0 Å². The predicted octanol–water partition coefficient (Wildman–Crippen LogP) is 5.71. The molecule has 3 aliphatic rings. The lowest BCUT2D eigenvalue weighted by Crippen LogP contribution is -2.24. The molecule has 0 radical (unpaired) electrons. The van der Waals surface area contributed by atoms with Crippen LogP contribution in [0, 0.1) is 35.5 Å². The van der Waals surface area contributed by atoms with Crippen LogP contribution in [0.1, 0.15) is 52.4 Å². The van der Waals surface area contributed by atoms with E-state index in [0.29, 0.717) is 0 Å². The van der Waals surface area contributed by atoms with Crippen molar-refractivity contribution in [1.29, 1.82) is 0 Å². The van der Waals surface area contributed by atoms with E-state index in [-0.39, 0.29) is 0 Å². The highest BCUT2D eigenvalue weighted by Crippen LogP contribution is 2.63. The number of halogens is 2. The van der Waals surface area contributed by atoms with Gasteiger partial charge < -0.3 is 0 Å². The van der Waals surface area contributed by atoms with Gasteiger partial charge in [-0.3, -0.25) is 0 Å². The SMILES string of the molecule is CC(I)CC[C@H](I)C1CC2C3CCC1C2CC3C. The Balaban J connectivity index is 1.64. The Morgan fingerprint density at radius 1 is 0.944 bits per heavy atom. The molecule has 3 saturated carbocycles. The van der Waals surface area contributed by atoms with E-state index >= 15 is 0 Å². The maximum absolute atomic E-state index is 2.80. The van der Waals surface area contributed by atoms with Gasteiger partial charge in [-0.25, -0.2) is 0 Å². The molecule has 0 aliphatic heterocycles. The van der Waals surface area contributed by atoms with Crippen molar-refractivity contribution in [2.45, 2.75) is 60.2 Å². The second-order valence-electron chi connectivity index (χ2n) is 7.22. The van der Waals surface area contributed by atoms with Gasteiger partial charge in [0.15, 0.2) is 0 Å². The van der Waals surface area contributed by atoms with Crippen molar-refractivity contribution < 1.29 is 0 Å². The van der Waals surface area contributed by atoms with Crippen LogP contribution in [-0.4, -0.2) is 7.85 Å². The molecule has 0 spiro atoms. The summed E-state index contributed by atoms with van der Waals surface area (Å²) in [5, 5.41) is 0. The van der Waals surface area contributed by atoms with Crippen molar-refractivity contribution >= 4 is 45.2 Å². The first-order valence-corrected chi connectivity index (χ1v) is 10.3. The standard InChI is InChI=1S/C16H26I2/c1-9-7-13-12-5-4-11(9)14(13)8-15(12)16(18)6-3-10(2)17/h9-16H,3-8H2,1-2H3/t9?,10?,11?,12?,13?,14?,15?,16-/m0/s1. The van der Waals surface area contributed by atoms with E-state index in [9.17, 15) is 0 Å². The molecule has 0 aromatic carbocycles. The van der Waals surface area contributed by atoms with E-state index in [4.69, 9.17) is 0 Å². The van der Waals surface area contributed by atoms with E-state index in [2.05, 4.69) is 59.0 Å². The molecule has 0 amide bonds. The molecule has 0 heterocycles. The fourth-order valence-electron chi connectivity index (χ4n) is 5.50. The smallest absolute Gasteiger partial charge is 0.0141 e. The Bertz CT molecular complexity index is 301. The Labute approximate surface area is 140 Å². The van der Waals surface area contributed by atoms with Crippen LogP contribution in [0.2, 0.25) is 0 Å². The lowest BCUT2D eigenvalue weighted by molar-refractivity contribution is 0.208. The molecule has 4 bridgehead atoms. The van der Waals surface area contributed by atoms with Crippen LogP contribution in [-0.2, 0) is 0 Å². The molecule has 104 valence electrons. The zero-order valence-corrected chi connectivity index (χ0v) is 15.9. The van der Waals surface area contributed by atoms with E-state index in [0.717, 1.165) is 43.4 Å². The van der Waals surface area contributed by atoms with Crippen molar-refractivity contribution in [2.24, 2.45) is 35.5 Å². The van der Waals surface area contributed by atoms with Crippen molar-refractivity contribution in [3.8, 4) is 0 Å². The molecule has 3 aliphatic carbocycles. The van der Waals surface area contributed by atoms with Crippen molar-refractivity contribution in [2.75, 3.05) is 0 Å². The molecule has 3 rings (SSSR count). The maximum Gasteiger partial charge on any atom is 0.0141 e. The minimum Gasteiger partial charge on any atom is -0.0829 e. The first-order chi connectivity index (χ1) is 8.58. The second kappa shape index (κ2) is 5.69. The normalized spacial score (nSPS) is 49.3. The lowest BCUT2D eigenvalue weighted by atomic mass is 9.77. The molecule has 8 atom stereocenters. The Morgan fingerprint density at radius 3 is 2.28 bits per heavy atom. The molecule has 2 heteroatoms. The second-order valence-corrected chi connectivity index (χ2v) is 10.9. The maximum atomic E-state index is 2.80. The third-order valence-corrected chi connectivity index (χ3v) is 8.43. The molecule has 0 aromatic heterocycles. The average Bonchev–Trinajstić information content (AvgIpc) is 2.66. The molecule has 0 saturated heterocycles. The molecule has 3 fully saturated rings. The molecular weight excluding hydrogens is 446 g/mol. The summed E-state index contributed by atoms with van der Waals surface area (Å²) in [5.41, 5.74) is 0. The number of alkyl halides is 2. The molecule has 7 unspecified atom stereocenters. The molecule has 0 aromatic rings. The van der Waals surface area contributed by atoms with Gasteiger partial charge in [-0.1, -0.05) is 59.0 Å². The summed E-state index contributed by atoms with van der Waals surface area (Å²) in [6.07, 6.45) is 9.18. The minimum absolute atomic E-state index is 0.858. The Hall–Kier alpha value is 1.46.